The molecule has 1 aromatic carbocycles. The van der Waals surface area contributed by atoms with Gasteiger partial charge in [-0.25, -0.2) is 0 Å². The van der Waals surface area contributed by atoms with Crippen LogP contribution in [0, 0.1) is 5.92 Å². The fourth-order valence-electron chi connectivity index (χ4n) is 1.83. The van der Waals surface area contributed by atoms with E-state index in [1.165, 1.54) is 6.07 Å². The zero-order chi connectivity index (χ0) is 12.3. The molecular formula is C12H14F3NO. The smallest absolute Gasteiger partial charge is 0.416 e. The molecular weight excluding hydrogens is 231 g/mol. The quantitative estimate of drug-likeness (QED) is 0.884. The van der Waals surface area contributed by atoms with Crippen molar-refractivity contribution < 1.29 is 17.9 Å². The second-order valence-corrected chi connectivity index (χ2v) is 4.20. The fourth-order valence-corrected chi connectivity index (χ4v) is 1.83. The van der Waals surface area contributed by atoms with Gasteiger partial charge in [0, 0.05) is 12.5 Å². The largest absolute Gasteiger partial charge is 0.493 e. The van der Waals surface area contributed by atoms with Crippen LogP contribution in [0.25, 0.3) is 0 Å². The van der Waals surface area contributed by atoms with E-state index in [0.29, 0.717) is 12.5 Å². The van der Waals surface area contributed by atoms with Crippen LogP contribution in [0.3, 0.4) is 0 Å². The highest BCUT2D eigenvalue weighted by Crippen LogP contribution is 2.31. The number of hydrogen-bond donors (Lipinski definition) is 1. The van der Waals surface area contributed by atoms with E-state index in [-0.39, 0.29) is 5.75 Å². The van der Waals surface area contributed by atoms with E-state index in [9.17, 15) is 13.2 Å². The highest BCUT2D eigenvalue weighted by molar-refractivity contribution is 5.30. The Labute approximate surface area is 97.8 Å². The average Bonchev–Trinajstić information content (AvgIpc) is 2.78. The molecule has 1 atom stereocenters. The second-order valence-electron chi connectivity index (χ2n) is 4.20. The second kappa shape index (κ2) is 4.96. The van der Waals surface area contributed by atoms with Gasteiger partial charge in [-0.2, -0.15) is 13.2 Å². The fraction of sp³-hybridized carbons (Fsp3) is 0.500. The molecule has 2 rings (SSSR count). The molecule has 1 heterocycles. The van der Waals surface area contributed by atoms with Crippen LogP contribution in [0.1, 0.15) is 12.0 Å². The van der Waals surface area contributed by atoms with Crippen molar-refractivity contribution in [2.45, 2.75) is 12.6 Å². The highest BCUT2D eigenvalue weighted by Gasteiger charge is 2.30. The molecule has 2 nitrogen and oxygen atoms in total. The van der Waals surface area contributed by atoms with Gasteiger partial charge in [0.1, 0.15) is 5.75 Å². The third-order valence-electron chi connectivity index (χ3n) is 2.81. The molecule has 0 saturated carbocycles. The SMILES string of the molecule is FC(F)(F)c1cccc(OCC2CCNC2)c1. The summed E-state index contributed by atoms with van der Waals surface area (Å²) in [6.45, 7) is 2.30. The summed E-state index contributed by atoms with van der Waals surface area (Å²) in [4.78, 5) is 0. The predicted molar refractivity (Wildman–Crippen MR) is 57.9 cm³/mol. The molecule has 5 heteroatoms. The molecule has 1 aliphatic rings. The van der Waals surface area contributed by atoms with Crippen molar-refractivity contribution in [3.63, 3.8) is 0 Å². The third kappa shape index (κ3) is 3.36. The monoisotopic (exact) mass is 245 g/mol. The zero-order valence-corrected chi connectivity index (χ0v) is 9.26. The van der Waals surface area contributed by atoms with Crippen LogP contribution >= 0.6 is 0 Å². The Kier molecular flexibility index (Phi) is 3.57. The lowest BCUT2D eigenvalue weighted by atomic mass is 10.1. The van der Waals surface area contributed by atoms with Crippen molar-refractivity contribution in [1.29, 1.82) is 0 Å². The number of halogens is 3. The summed E-state index contributed by atoms with van der Waals surface area (Å²) in [7, 11) is 0. The summed E-state index contributed by atoms with van der Waals surface area (Å²) in [6, 6.07) is 5.01. The van der Waals surface area contributed by atoms with Crippen molar-refractivity contribution in [1.82, 2.24) is 5.32 Å². The maximum absolute atomic E-state index is 12.4. The van der Waals surface area contributed by atoms with Crippen molar-refractivity contribution in [3.8, 4) is 5.75 Å². The molecule has 0 spiro atoms. The van der Waals surface area contributed by atoms with Gasteiger partial charge in [0.05, 0.1) is 12.2 Å². The molecule has 0 aliphatic carbocycles. The number of rotatable bonds is 3. The first-order chi connectivity index (χ1) is 8.05. The number of ether oxygens (including phenoxy) is 1. The lowest BCUT2D eigenvalue weighted by Gasteiger charge is -2.12. The van der Waals surface area contributed by atoms with Crippen molar-refractivity contribution in [2.75, 3.05) is 19.7 Å². The minimum Gasteiger partial charge on any atom is -0.493 e. The van der Waals surface area contributed by atoms with Gasteiger partial charge in [-0.1, -0.05) is 6.07 Å². The molecule has 1 saturated heterocycles. The van der Waals surface area contributed by atoms with Crippen LogP contribution in [-0.2, 0) is 6.18 Å². The Balaban J connectivity index is 1.96. The first-order valence-electron chi connectivity index (χ1n) is 5.56. The lowest BCUT2D eigenvalue weighted by Crippen LogP contribution is -2.15. The molecule has 0 amide bonds. The molecule has 1 aromatic rings. The van der Waals surface area contributed by atoms with E-state index in [2.05, 4.69) is 5.32 Å². The molecule has 0 bridgehead atoms. The van der Waals surface area contributed by atoms with E-state index in [0.717, 1.165) is 31.6 Å². The van der Waals surface area contributed by atoms with Gasteiger partial charge >= 0.3 is 6.18 Å². The Morgan fingerprint density at radius 2 is 2.18 bits per heavy atom. The minimum atomic E-state index is -4.31. The number of nitrogens with one attached hydrogen (secondary N) is 1. The van der Waals surface area contributed by atoms with Crippen LogP contribution in [0.2, 0.25) is 0 Å². The van der Waals surface area contributed by atoms with Crippen molar-refractivity contribution in [3.05, 3.63) is 29.8 Å². The van der Waals surface area contributed by atoms with Gasteiger partial charge in [-0.3, -0.25) is 0 Å². The van der Waals surface area contributed by atoms with Gasteiger partial charge in [0.15, 0.2) is 0 Å². The van der Waals surface area contributed by atoms with Gasteiger partial charge in [0.2, 0.25) is 0 Å². The maximum atomic E-state index is 12.4. The molecule has 94 valence electrons. The van der Waals surface area contributed by atoms with Gasteiger partial charge in [0.25, 0.3) is 0 Å². The van der Waals surface area contributed by atoms with Crippen molar-refractivity contribution >= 4 is 0 Å². The molecule has 1 unspecified atom stereocenters. The number of benzene rings is 1. The first kappa shape index (κ1) is 12.2. The van der Waals surface area contributed by atoms with Crippen LogP contribution in [0.4, 0.5) is 13.2 Å². The van der Waals surface area contributed by atoms with Crippen molar-refractivity contribution in [2.24, 2.45) is 5.92 Å². The molecule has 1 fully saturated rings. The standard InChI is InChI=1S/C12H14F3NO/c13-12(14,15)10-2-1-3-11(6-10)17-8-9-4-5-16-7-9/h1-3,6,9,16H,4-5,7-8H2. The lowest BCUT2D eigenvalue weighted by molar-refractivity contribution is -0.137. The topological polar surface area (TPSA) is 21.3 Å². The summed E-state index contributed by atoms with van der Waals surface area (Å²) < 4.78 is 42.7. The minimum absolute atomic E-state index is 0.284. The Bertz CT molecular complexity index is 372. The van der Waals surface area contributed by atoms with Gasteiger partial charge < -0.3 is 10.1 Å². The summed E-state index contributed by atoms with van der Waals surface area (Å²) in [6.07, 6.45) is -3.30. The molecule has 1 N–H and O–H groups in total. The molecule has 17 heavy (non-hydrogen) atoms. The van der Waals surface area contributed by atoms with E-state index in [4.69, 9.17) is 4.74 Å². The highest BCUT2D eigenvalue weighted by atomic mass is 19.4. The van der Waals surface area contributed by atoms with Gasteiger partial charge in [-0.15, -0.1) is 0 Å². The predicted octanol–water partition coefficient (Wildman–Crippen LogP) is 2.69. The number of alkyl halides is 3. The van der Waals surface area contributed by atoms with Gasteiger partial charge in [-0.05, 0) is 31.2 Å². The average molecular weight is 245 g/mol. The summed E-state index contributed by atoms with van der Waals surface area (Å²) in [5, 5.41) is 3.18. The zero-order valence-electron chi connectivity index (χ0n) is 9.26. The molecule has 1 aliphatic heterocycles. The normalized spacial score (nSPS) is 20.5. The van der Waals surface area contributed by atoms with Crippen LogP contribution < -0.4 is 10.1 Å². The Morgan fingerprint density at radius 1 is 1.35 bits per heavy atom. The third-order valence-corrected chi connectivity index (χ3v) is 2.81. The summed E-state index contributed by atoms with van der Waals surface area (Å²) >= 11 is 0. The molecule has 0 aromatic heterocycles. The van der Waals surface area contributed by atoms with E-state index in [1.54, 1.807) is 6.07 Å². The Morgan fingerprint density at radius 3 is 2.82 bits per heavy atom. The Hall–Kier alpha value is -1.23. The van der Waals surface area contributed by atoms with Crippen LogP contribution in [0.5, 0.6) is 5.75 Å². The van der Waals surface area contributed by atoms with Crippen LogP contribution in [0.15, 0.2) is 24.3 Å². The maximum Gasteiger partial charge on any atom is 0.416 e. The van der Waals surface area contributed by atoms with E-state index >= 15 is 0 Å². The number of hydrogen-bond acceptors (Lipinski definition) is 2. The molecule has 0 radical (unpaired) electrons. The van der Waals surface area contributed by atoms with E-state index < -0.39 is 11.7 Å². The summed E-state index contributed by atoms with van der Waals surface area (Å²) in [5.41, 5.74) is -0.667. The first-order valence-corrected chi connectivity index (χ1v) is 5.56. The van der Waals surface area contributed by atoms with Crippen LogP contribution in [-0.4, -0.2) is 19.7 Å². The van der Waals surface area contributed by atoms with E-state index in [1.807, 2.05) is 0 Å². The summed E-state index contributed by atoms with van der Waals surface area (Å²) in [5.74, 6) is 0.677.